The molecule has 0 fully saturated rings. The molecule has 1 aromatic heterocycles. The molecular weight excluding hydrogens is 268 g/mol. The fourth-order valence-electron chi connectivity index (χ4n) is 3.87. The van der Waals surface area contributed by atoms with Gasteiger partial charge in [0, 0.05) is 11.5 Å². The first kappa shape index (κ1) is 13.9. The third kappa shape index (κ3) is 2.14. The molecule has 3 nitrogen and oxygen atoms in total. The van der Waals surface area contributed by atoms with Crippen molar-refractivity contribution in [2.45, 2.75) is 51.1 Å². The molecule has 1 heterocycles. The van der Waals surface area contributed by atoms with Crippen LogP contribution in [0.5, 0.6) is 0 Å². The van der Waals surface area contributed by atoms with Crippen molar-refractivity contribution in [3.63, 3.8) is 0 Å². The molecule has 0 spiro atoms. The normalized spacial score (nSPS) is 27.5. The first-order valence-electron chi connectivity index (χ1n) is 7.27. The molecule has 4 heteroatoms. The zero-order valence-electron chi connectivity index (χ0n) is 12.6. The van der Waals surface area contributed by atoms with Crippen LogP contribution in [0.25, 0.3) is 0 Å². The van der Waals surface area contributed by atoms with E-state index < -0.39 is 0 Å². The number of fused-ring (bicyclic) bond motifs is 3. The lowest BCUT2D eigenvalue weighted by Crippen LogP contribution is -2.41. The minimum atomic E-state index is 0.0656. The van der Waals surface area contributed by atoms with Gasteiger partial charge in [-0.05, 0) is 43.8 Å². The molecule has 2 aliphatic rings. The maximum Gasteiger partial charge on any atom is 0.255 e. The van der Waals surface area contributed by atoms with E-state index in [1.54, 1.807) is 0 Å². The fraction of sp³-hybridized carbons (Fsp3) is 0.625. The van der Waals surface area contributed by atoms with Crippen molar-refractivity contribution in [3.05, 3.63) is 33.3 Å². The van der Waals surface area contributed by atoms with Gasteiger partial charge in [0.2, 0.25) is 0 Å². The van der Waals surface area contributed by atoms with Gasteiger partial charge in [0.05, 0.1) is 5.69 Å². The van der Waals surface area contributed by atoms with Crippen LogP contribution >= 0.6 is 11.8 Å². The van der Waals surface area contributed by atoms with Crippen LogP contribution in [0, 0.1) is 11.3 Å². The average Bonchev–Trinajstić information content (AvgIpc) is 2.36. The SMILES string of the molecule is CSc1nc2c(c(=O)[nH]1)C1C=C(C)CCC1C(C)(C)C2. The molecule has 0 radical (unpaired) electrons. The third-order valence-electron chi connectivity index (χ3n) is 4.91. The second-order valence-electron chi connectivity index (χ2n) is 6.78. The van der Waals surface area contributed by atoms with E-state index in [1.807, 2.05) is 6.26 Å². The first-order valence-corrected chi connectivity index (χ1v) is 8.49. The largest absolute Gasteiger partial charge is 0.301 e. The number of aromatic nitrogens is 2. The van der Waals surface area contributed by atoms with E-state index >= 15 is 0 Å². The van der Waals surface area contributed by atoms with Crippen molar-refractivity contribution in [2.24, 2.45) is 11.3 Å². The molecule has 0 saturated heterocycles. The van der Waals surface area contributed by atoms with Crippen molar-refractivity contribution >= 4 is 11.8 Å². The third-order valence-corrected chi connectivity index (χ3v) is 5.49. The van der Waals surface area contributed by atoms with Gasteiger partial charge in [0.25, 0.3) is 5.56 Å². The number of nitrogens with zero attached hydrogens (tertiary/aromatic N) is 1. The number of H-pyrrole nitrogens is 1. The Morgan fingerprint density at radius 2 is 2.20 bits per heavy atom. The lowest BCUT2D eigenvalue weighted by molar-refractivity contribution is 0.153. The predicted octanol–water partition coefficient (Wildman–Crippen LogP) is 3.51. The molecule has 0 saturated carbocycles. The molecule has 108 valence electrons. The lowest BCUT2D eigenvalue weighted by Gasteiger charge is -2.45. The van der Waals surface area contributed by atoms with Gasteiger partial charge in [-0.25, -0.2) is 4.98 Å². The molecule has 2 unspecified atom stereocenters. The Labute approximate surface area is 124 Å². The summed E-state index contributed by atoms with van der Waals surface area (Å²) in [5.41, 5.74) is 3.62. The van der Waals surface area contributed by atoms with E-state index in [0.29, 0.717) is 5.92 Å². The smallest absolute Gasteiger partial charge is 0.255 e. The van der Waals surface area contributed by atoms with E-state index in [4.69, 9.17) is 0 Å². The Kier molecular flexibility index (Phi) is 3.32. The Balaban J connectivity index is 2.21. The molecule has 2 aliphatic carbocycles. The lowest BCUT2D eigenvalue weighted by atomic mass is 9.59. The Morgan fingerprint density at radius 3 is 2.90 bits per heavy atom. The molecular formula is C16H22N2OS. The molecule has 1 N–H and O–H groups in total. The van der Waals surface area contributed by atoms with Crippen molar-refractivity contribution in [1.82, 2.24) is 9.97 Å². The average molecular weight is 290 g/mol. The zero-order valence-corrected chi connectivity index (χ0v) is 13.4. The second-order valence-corrected chi connectivity index (χ2v) is 7.58. The summed E-state index contributed by atoms with van der Waals surface area (Å²) in [4.78, 5) is 20.1. The molecule has 0 aliphatic heterocycles. The summed E-state index contributed by atoms with van der Waals surface area (Å²) in [7, 11) is 0. The number of hydrogen-bond donors (Lipinski definition) is 1. The summed E-state index contributed by atoms with van der Waals surface area (Å²) in [6.45, 7) is 6.82. The first-order chi connectivity index (χ1) is 9.42. The fourth-order valence-corrected chi connectivity index (χ4v) is 4.27. The van der Waals surface area contributed by atoms with Crippen LogP contribution in [-0.4, -0.2) is 16.2 Å². The Hall–Kier alpha value is -1.03. The maximum atomic E-state index is 12.5. The van der Waals surface area contributed by atoms with E-state index in [9.17, 15) is 4.79 Å². The topological polar surface area (TPSA) is 45.8 Å². The quantitative estimate of drug-likeness (QED) is 0.489. The minimum absolute atomic E-state index is 0.0656. The number of aromatic amines is 1. The van der Waals surface area contributed by atoms with Crippen molar-refractivity contribution in [1.29, 1.82) is 0 Å². The highest BCUT2D eigenvalue weighted by atomic mass is 32.2. The van der Waals surface area contributed by atoms with Gasteiger partial charge < -0.3 is 4.98 Å². The Morgan fingerprint density at radius 1 is 1.45 bits per heavy atom. The van der Waals surface area contributed by atoms with Gasteiger partial charge in [0.15, 0.2) is 5.16 Å². The molecule has 2 atom stereocenters. The van der Waals surface area contributed by atoms with Crippen LogP contribution in [-0.2, 0) is 6.42 Å². The second kappa shape index (κ2) is 4.76. The molecule has 3 rings (SSSR count). The van der Waals surface area contributed by atoms with Crippen LogP contribution in [0.1, 0.15) is 50.8 Å². The van der Waals surface area contributed by atoms with Crippen LogP contribution in [0.3, 0.4) is 0 Å². The summed E-state index contributed by atoms with van der Waals surface area (Å²) in [6.07, 6.45) is 7.51. The molecule has 0 amide bonds. The van der Waals surface area contributed by atoms with Gasteiger partial charge in [-0.2, -0.15) is 0 Å². The number of hydrogen-bond acceptors (Lipinski definition) is 3. The highest BCUT2D eigenvalue weighted by Gasteiger charge is 2.44. The molecule has 20 heavy (non-hydrogen) atoms. The summed E-state index contributed by atoms with van der Waals surface area (Å²) in [5.74, 6) is 0.802. The summed E-state index contributed by atoms with van der Waals surface area (Å²) < 4.78 is 0. The predicted molar refractivity (Wildman–Crippen MR) is 83.3 cm³/mol. The molecule has 1 aromatic rings. The standard InChI is InChI=1S/C16H22N2OS/c1-9-5-6-11-10(7-9)13-12(8-16(11,2)3)17-15(20-4)18-14(13)19/h7,10-11H,5-6,8H2,1-4H3,(H,17,18,19). The number of rotatable bonds is 1. The van der Waals surface area contributed by atoms with Crippen molar-refractivity contribution < 1.29 is 0 Å². The van der Waals surface area contributed by atoms with Crippen LogP contribution in [0.15, 0.2) is 21.6 Å². The van der Waals surface area contributed by atoms with Crippen LogP contribution in [0.2, 0.25) is 0 Å². The number of allylic oxidation sites excluding steroid dienone is 2. The van der Waals surface area contributed by atoms with Gasteiger partial charge in [-0.3, -0.25) is 4.79 Å². The van der Waals surface area contributed by atoms with Crippen LogP contribution < -0.4 is 5.56 Å². The van der Waals surface area contributed by atoms with Crippen LogP contribution in [0.4, 0.5) is 0 Å². The summed E-state index contributed by atoms with van der Waals surface area (Å²) in [6, 6.07) is 0. The number of nitrogens with one attached hydrogen (secondary N) is 1. The monoisotopic (exact) mass is 290 g/mol. The number of thioether (sulfide) groups is 1. The van der Waals surface area contributed by atoms with E-state index in [0.717, 1.165) is 29.3 Å². The minimum Gasteiger partial charge on any atom is -0.301 e. The van der Waals surface area contributed by atoms with Gasteiger partial charge in [-0.15, -0.1) is 0 Å². The van der Waals surface area contributed by atoms with Gasteiger partial charge >= 0.3 is 0 Å². The van der Waals surface area contributed by atoms with Gasteiger partial charge in [0.1, 0.15) is 0 Å². The van der Waals surface area contributed by atoms with E-state index in [2.05, 4.69) is 36.8 Å². The maximum absolute atomic E-state index is 12.5. The van der Waals surface area contributed by atoms with Crippen molar-refractivity contribution in [2.75, 3.05) is 6.26 Å². The summed E-state index contributed by atoms with van der Waals surface area (Å²) in [5, 5.41) is 0.736. The van der Waals surface area contributed by atoms with Crippen molar-refractivity contribution in [3.8, 4) is 0 Å². The highest BCUT2D eigenvalue weighted by Crippen LogP contribution is 2.50. The van der Waals surface area contributed by atoms with Gasteiger partial charge in [-0.1, -0.05) is 37.3 Å². The molecule has 0 aromatic carbocycles. The van der Waals surface area contributed by atoms with E-state index in [1.165, 1.54) is 23.8 Å². The summed E-state index contributed by atoms with van der Waals surface area (Å²) >= 11 is 1.50. The van der Waals surface area contributed by atoms with E-state index in [-0.39, 0.29) is 16.9 Å². The molecule has 0 bridgehead atoms. The Bertz CT molecular complexity index is 630. The highest BCUT2D eigenvalue weighted by molar-refractivity contribution is 7.98. The zero-order chi connectivity index (χ0) is 14.5.